The van der Waals surface area contributed by atoms with Gasteiger partial charge in [-0.1, -0.05) is 0 Å². The van der Waals surface area contributed by atoms with Crippen LogP contribution in [0, 0.1) is 0 Å². The smallest absolute Gasteiger partial charge is 0.300 e. The lowest BCUT2D eigenvalue weighted by atomic mass is 10.9. The quantitative estimate of drug-likeness (QED) is 0.384. The number of rotatable bonds is 0. The first-order chi connectivity index (χ1) is 1.73. The van der Waals surface area contributed by atoms with Crippen LogP contribution in [0.25, 0.3) is 0 Å². The van der Waals surface area contributed by atoms with Gasteiger partial charge in [0, 0.05) is 6.92 Å². The average Bonchev–Trinajstić information content (AvgIpc) is 0.811. The number of carboxylic acid groups (broad SMARTS) is 1. The van der Waals surface area contributed by atoms with Crippen molar-refractivity contribution in [3.63, 3.8) is 0 Å². The highest BCUT2D eigenvalue weighted by Crippen LogP contribution is 1.42. The molecule has 0 aliphatic carbocycles. The van der Waals surface area contributed by atoms with Gasteiger partial charge in [0.05, 0.1) is 0 Å². The molecule has 0 saturated carbocycles. The van der Waals surface area contributed by atoms with Crippen molar-refractivity contribution in [2.45, 2.75) is 6.92 Å². The van der Waals surface area contributed by atoms with Crippen molar-refractivity contribution in [2.24, 2.45) is 0 Å². The lowest BCUT2D eigenvalue weighted by Gasteiger charge is -1.59. The van der Waals surface area contributed by atoms with Gasteiger partial charge in [-0.2, -0.15) is 0 Å². The van der Waals surface area contributed by atoms with Gasteiger partial charge in [-0.3, -0.25) is 4.79 Å². The van der Waals surface area contributed by atoms with Gasteiger partial charge in [0.25, 0.3) is 5.97 Å². The Morgan fingerprint density at radius 3 is 1.67 bits per heavy atom. The second kappa shape index (κ2) is 8.82. The van der Waals surface area contributed by atoms with Crippen LogP contribution in [-0.4, -0.2) is 22.0 Å². The third kappa shape index (κ3) is 205. The summed E-state index contributed by atoms with van der Waals surface area (Å²) in [5.74, 6) is -0.833. The van der Waals surface area contributed by atoms with Crippen molar-refractivity contribution in [2.75, 3.05) is 0 Å². The monoisotopic (exact) mass is 109 g/mol. The fraction of sp³-hybridized carbons (Fsp3) is 0.500. The molecule has 0 bridgehead atoms. The van der Waals surface area contributed by atoms with E-state index in [0.29, 0.717) is 0 Å². The molecule has 0 aliphatic rings. The number of carbonyl (C=O) groups is 1. The standard InChI is InChI=1S/C2H4O2.H3N.H4Si/c1-2(3)4;;/h1H3,(H,3,4);1H3;1H4. The van der Waals surface area contributed by atoms with Gasteiger partial charge in [-0.25, -0.2) is 0 Å². The van der Waals surface area contributed by atoms with Crippen LogP contribution in [0.1, 0.15) is 6.92 Å². The van der Waals surface area contributed by atoms with Gasteiger partial charge in [0.15, 0.2) is 0 Å². The maximum Gasteiger partial charge on any atom is 0.300 e. The molecule has 0 aromatic rings. The zero-order valence-electron chi connectivity index (χ0n) is 3.06. The van der Waals surface area contributed by atoms with Crippen LogP contribution >= 0.6 is 0 Å². The molecule has 0 aromatic heterocycles. The Morgan fingerprint density at radius 1 is 1.67 bits per heavy atom. The van der Waals surface area contributed by atoms with Crippen LogP contribution in [0.5, 0.6) is 0 Å². The molecule has 0 saturated heterocycles. The fourth-order valence-electron chi connectivity index (χ4n) is 0. The lowest BCUT2D eigenvalue weighted by Crippen LogP contribution is -1.78. The Balaban J connectivity index is -0.0000000450. The molecule has 6 heavy (non-hydrogen) atoms. The number of hydrogen-bond acceptors (Lipinski definition) is 2. The van der Waals surface area contributed by atoms with E-state index in [1.165, 1.54) is 0 Å². The van der Waals surface area contributed by atoms with Crippen LogP contribution in [-0.2, 0) is 4.79 Å². The van der Waals surface area contributed by atoms with Crippen LogP contribution in [0.3, 0.4) is 0 Å². The SMILES string of the molecule is CC(=O)O.N.[SiH4]. The molecule has 0 rings (SSSR count). The minimum atomic E-state index is -0.833. The summed E-state index contributed by atoms with van der Waals surface area (Å²) in [7, 11) is 0. The molecule has 0 spiro atoms. The first kappa shape index (κ1) is 17.4. The Bertz CT molecular complexity index is 34.5. The second-order valence-electron chi connectivity index (χ2n) is 0.519. The molecule has 0 aliphatic heterocycles. The molecular weight excluding hydrogens is 98.1 g/mol. The molecule has 0 heterocycles. The number of carboxylic acids is 1. The minimum absolute atomic E-state index is 0. The summed E-state index contributed by atoms with van der Waals surface area (Å²) in [6.07, 6.45) is 0. The van der Waals surface area contributed by atoms with Gasteiger partial charge in [0.2, 0.25) is 0 Å². The topological polar surface area (TPSA) is 72.3 Å². The Morgan fingerprint density at radius 2 is 1.67 bits per heavy atom. The largest absolute Gasteiger partial charge is 0.481 e. The fourth-order valence-corrected chi connectivity index (χ4v) is 0. The molecule has 0 unspecified atom stereocenters. The highest BCUT2D eigenvalue weighted by atomic mass is 28.1. The van der Waals surface area contributed by atoms with Crippen LogP contribution < -0.4 is 6.15 Å². The van der Waals surface area contributed by atoms with Crippen LogP contribution in [0.2, 0.25) is 0 Å². The third-order valence-electron chi connectivity index (χ3n) is 0. The second-order valence-corrected chi connectivity index (χ2v) is 0.519. The van der Waals surface area contributed by atoms with Crippen molar-refractivity contribution < 1.29 is 9.90 Å². The first-order valence-corrected chi connectivity index (χ1v) is 0.928. The molecule has 40 valence electrons. The Hall–Kier alpha value is -0.353. The van der Waals surface area contributed by atoms with Crippen molar-refractivity contribution in [1.82, 2.24) is 6.15 Å². The Labute approximate surface area is 41.0 Å². The number of hydrogen-bond donors (Lipinski definition) is 2. The van der Waals surface area contributed by atoms with Crippen molar-refractivity contribution in [3.8, 4) is 0 Å². The maximum absolute atomic E-state index is 9.00. The van der Waals surface area contributed by atoms with E-state index in [2.05, 4.69) is 0 Å². The van der Waals surface area contributed by atoms with Crippen LogP contribution in [0.4, 0.5) is 0 Å². The molecule has 0 amide bonds. The van der Waals surface area contributed by atoms with E-state index in [-0.39, 0.29) is 17.1 Å². The summed E-state index contributed by atoms with van der Waals surface area (Å²) in [6.45, 7) is 1.08. The van der Waals surface area contributed by atoms with E-state index in [1.807, 2.05) is 0 Å². The van der Waals surface area contributed by atoms with Gasteiger partial charge < -0.3 is 11.3 Å². The maximum atomic E-state index is 9.00. The summed E-state index contributed by atoms with van der Waals surface area (Å²) in [6, 6.07) is 0. The molecule has 0 fully saturated rings. The zero-order valence-corrected chi connectivity index (χ0v) is 3.06. The van der Waals surface area contributed by atoms with E-state index < -0.39 is 5.97 Å². The third-order valence-corrected chi connectivity index (χ3v) is 0. The predicted octanol–water partition coefficient (Wildman–Crippen LogP) is -1.20. The Kier molecular flexibility index (Phi) is 25.6. The van der Waals surface area contributed by atoms with Crippen molar-refractivity contribution >= 4 is 16.9 Å². The minimum Gasteiger partial charge on any atom is -0.481 e. The molecule has 3 nitrogen and oxygen atoms in total. The van der Waals surface area contributed by atoms with E-state index in [4.69, 9.17) is 9.90 Å². The highest BCUT2D eigenvalue weighted by Gasteiger charge is 1.65. The summed E-state index contributed by atoms with van der Waals surface area (Å²) in [5, 5.41) is 7.42. The van der Waals surface area contributed by atoms with Gasteiger partial charge in [-0.05, 0) is 11.0 Å². The number of aliphatic carboxylic acids is 1. The zero-order chi connectivity index (χ0) is 3.58. The normalized spacial score (nSPS) is 4.17. The molecule has 0 aromatic carbocycles. The average molecular weight is 109 g/mol. The molecular formula is C2H11NO2Si. The highest BCUT2D eigenvalue weighted by molar-refractivity contribution is 5.75. The molecule has 0 atom stereocenters. The van der Waals surface area contributed by atoms with Gasteiger partial charge in [0.1, 0.15) is 0 Å². The summed E-state index contributed by atoms with van der Waals surface area (Å²) in [5.41, 5.74) is 0. The van der Waals surface area contributed by atoms with Crippen molar-refractivity contribution in [3.05, 3.63) is 0 Å². The van der Waals surface area contributed by atoms with Gasteiger partial charge >= 0.3 is 0 Å². The van der Waals surface area contributed by atoms with Gasteiger partial charge in [-0.15, -0.1) is 0 Å². The summed E-state index contributed by atoms with van der Waals surface area (Å²) >= 11 is 0. The molecule has 4 N–H and O–H groups in total. The van der Waals surface area contributed by atoms with E-state index >= 15 is 0 Å². The van der Waals surface area contributed by atoms with E-state index in [0.717, 1.165) is 6.92 Å². The van der Waals surface area contributed by atoms with E-state index in [9.17, 15) is 0 Å². The lowest BCUT2D eigenvalue weighted by molar-refractivity contribution is -0.134. The molecule has 0 radical (unpaired) electrons. The predicted molar refractivity (Wildman–Crippen MR) is 29.7 cm³/mol. The summed E-state index contributed by atoms with van der Waals surface area (Å²) < 4.78 is 0. The van der Waals surface area contributed by atoms with Crippen LogP contribution in [0.15, 0.2) is 0 Å². The first-order valence-electron chi connectivity index (χ1n) is 0.928. The van der Waals surface area contributed by atoms with E-state index in [1.54, 1.807) is 0 Å². The summed E-state index contributed by atoms with van der Waals surface area (Å²) in [4.78, 5) is 9.00. The molecule has 4 heteroatoms. The van der Waals surface area contributed by atoms with Crippen molar-refractivity contribution in [1.29, 1.82) is 0 Å².